The van der Waals surface area contributed by atoms with E-state index in [4.69, 9.17) is 0 Å². The fourth-order valence-electron chi connectivity index (χ4n) is 2.88. The van der Waals surface area contributed by atoms with E-state index in [9.17, 15) is 4.79 Å². The maximum absolute atomic E-state index is 12.6. The average Bonchev–Trinajstić information content (AvgIpc) is 3.08. The van der Waals surface area contributed by atoms with Crippen LogP contribution in [0.4, 0.5) is 0 Å². The number of carbonyl (C=O) groups excluding carboxylic acids is 1. The number of nitrogens with zero attached hydrogens (tertiary/aromatic N) is 3. The predicted octanol–water partition coefficient (Wildman–Crippen LogP) is 3.29. The maximum Gasteiger partial charge on any atom is 0.227 e. The third-order valence-electron chi connectivity index (χ3n) is 4.23. The monoisotopic (exact) mass is 334 g/mol. The van der Waals surface area contributed by atoms with Crippen molar-refractivity contribution in [1.29, 1.82) is 0 Å². The van der Waals surface area contributed by atoms with Gasteiger partial charge in [0.25, 0.3) is 0 Å². The minimum Gasteiger partial charge on any atom is -0.351 e. The van der Waals surface area contributed by atoms with Crippen LogP contribution < -0.4 is 5.32 Å². The fraction of sp³-hybridized carbons (Fsp3) is 0.250. The molecular formula is C20H22N4O. The van der Waals surface area contributed by atoms with Crippen LogP contribution in [0.15, 0.2) is 61.2 Å². The van der Waals surface area contributed by atoms with Gasteiger partial charge in [0.05, 0.1) is 12.1 Å². The smallest absolute Gasteiger partial charge is 0.227 e. The van der Waals surface area contributed by atoms with Crippen LogP contribution in [0.1, 0.15) is 30.4 Å². The zero-order chi connectivity index (χ0) is 17.6. The number of rotatable bonds is 6. The Kier molecular flexibility index (Phi) is 5.23. The van der Waals surface area contributed by atoms with E-state index in [1.807, 2.05) is 62.8 Å². The van der Waals surface area contributed by atoms with Crippen molar-refractivity contribution in [2.24, 2.45) is 7.05 Å². The number of hydrogen-bond acceptors (Lipinski definition) is 3. The molecule has 1 unspecified atom stereocenters. The summed E-state index contributed by atoms with van der Waals surface area (Å²) >= 11 is 0. The lowest BCUT2D eigenvalue weighted by Gasteiger charge is -2.15. The summed E-state index contributed by atoms with van der Waals surface area (Å²) in [4.78, 5) is 16.8. The van der Waals surface area contributed by atoms with Crippen molar-refractivity contribution < 1.29 is 4.79 Å². The van der Waals surface area contributed by atoms with Crippen molar-refractivity contribution >= 4 is 5.91 Å². The van der Waals surface area contributed by atoms with Gasteiger partial charge in [0.1, 0.15) is 0 Å². The first kappa shape index (κ1) is 16.9. The molecule has 0 aliphatic heterocycles. The fourth-order valence-corrected chi connectivity index (χ4v) is 2.88. The minimum absolute atomic E-state index is 0.0421. The van der Waals surface area contributed by atoms with Gasteiger partial charge in [-0.05, 0) is 23.6 Å². The summed E-state index contributed by atoms with van der Waals surface area (Å²) in [6, 6.07) is 11.9. The molecular weight excluding hydrogens is 312 g/mol. The van der Waals surface area contributed by atoms with Gasteiger partial charge < -0.3 is 5.32 Å². The molecule has 1 atom stereocenters. The van der Waals surface area contributed by atoms with Crippen LogP contribution in [0.2, 0.25) is 0 Å². The molecule has 1 aromatic carbocycles. The summed E-state index contributed by atoms with van der Waals surface area (Å²) in [5.74, 6) is -0.0869. The van der Waals surface area contributed by atoms with Crippen molar-refractivity contribution in [2.75, 3.05) is 0 Å². The molecule has 0 aliphatic rings. The lowest BCUT2D eigenvalue weighted by Crippen LogP contribution is -2.28. The Labute approximate surface area is 147 Å². The summed E-state index contributed by atoms with van der Waals surface area (Å²) in [7, 11) is 1.88. The number of pyridine rings is 1. The number of carbonyl (C=O) groups is 1. The lowest BCUT2D eigenvalue weighted by molar-refractivity contribution is -0.122. The Morgan fingerprint density at radius 2 is 1.96 bits per heavy atom. The van der Waals surface area contributed by atoms with Crippen molar-refractivity contribution in [1.82, 2.24) is 20.1 Å². The molecule has 3 rings (SSSR count). The summed E-state index contributed by atoms with van der Waals surface area (Å²) < 4.78 is 1.76. The van der Waals surface area contributed by atoms with Gasteiger partial charge in [0, 0.05) is 43.3 Å². The van der Waals surface area contributed by atoms with Crippen LogP contribution >= 0.6 is 0 Å². The molecule has 0 aliphatic carbocycles. The molecule has 0 bridgehead atoms. The standard InChI is InChI=1S/C20H22N4O/c1-3-19(16-7-5-4-6-8-16)20(25)22-11-15-9-17(12-21-10-15)18-13-23-24(2)14-18/h4-10,12-14,19H,3,11H2,1-2H3,(H,22,25). The number of nitrogens with one attached hydrogen (secondary N) is 1. The van der Waals surface area contributed by atoms with Crippen LogP contribution in [-0.2, 0) is 18.4 Å². The highest BCUT2D eigenvalue weighted by Crippen LogP contribution is 2.20. The van der Waals surface area contributed by atoms with E-state index in [0.29, 0.717) is 6.54 Å². The Bertz CT molecular complexity index is 842. The third kappa shape index (κ3) is 4.12. The van der Waals surface area contributed by atoms with Crippen LogP contribution in [0.25, 0.3) is 11.1 Å². The number of aromatic nitrogens is 3. The van der Waals surface area contributed by atoms with Gasteiger partial charge in [-0.2, -0.15) is 5.10 Å². The highest BCUT2D eigenvalue weighted by atomic mass is 16.1. The van der Waals surface area contributed by atoms with Gasteiger partial charge in [-0.3, -0.25) is 14.5 Å². The maximum atomic E-state index is 12.6. The first-order chi connectivity index (χ1) is 12.2. The molecule has 25 heavy (non-hydrogen) atoms. The molecule has 0 saturated heterocycles. The van der Waals surface area contributed by atoms with E-state index in [2.05, 4.69) is 15.4 Å². The molecule has 2 heterocycles. The minimum atomic E-state index is -0.129. The van der Waals surface area contributed by atoms with E-state index in [-0.39, 0.29) is 11.8 Å². The molecule has 0 radical (unpaired) electrons. The average molecular weight is 334 g/mol. The molecule has 0 fully saturated rings. The number of benzene rings is 1. The van der Waals surface area contributed by atoms with Crippen molar-refractivity contribution in [3.63, 3.8) is 0 Å². The van der Waals surface area contributed by atoms with Gasteiger partial charge in [0.2, 0.25) is 5.91 Å². The van der Waals surface area contributed by atoms with Crippen LogP contribution in [0, 0.1) is 0 Å². The third-order valence-corrected chi connectivity index (χ3v) is 4.23. The lowest BCUT2D eigenvalue weighted by atomic mass is 9.95. The van der Waals surface area contributed by atoms with Gasteiger partial charge in [-0.1, -0.05) is 37.3 Å². The second kappa shape index (κ2) is 7.75. The summed E-state index contributed by atoms with van der Waals surface area (Å²) in [5, 5.41) is 7.22. The molecule has 0 spiro atoms. The van der Waals surface area contributed by atoms with Crippen molar-refractivity contribution in [3.05, 3.63) is 72.3 Å². The van der Waals surface area contributed by atoms with E-state index in [0.717, 1.165) is 28.7 Å². The largest absolute Gasteiger partial charge is 0.351 e. The molecule has 0 saturated carbocycles. The Balaban J connectivity index is 1.68. The Morgan fingerprint density at radius 1 is 1.16 bits per heavy atom. The second-order valence-electron chi connectivity index (χ2n) is 6.07. The summed E-state index contributed by atoms with van der Waals surface area (Å²) in [5.41, 5.74) is 4.02. The van der Waals surface area contributed by atoms with Gasteiger partial charge in [-0.15, -0.1) is 0 Å². The molecule has 2 aromatic heterocycles. The van der Waals surface area contributed by atoms with Crippen molar-refractivity contribution in [2.45, 2.75) is 25.8 Å². The first-order valence-electron chi connectivity index (χ1n) is 8.43. The number of amides is 1. The normalized spacial score (nSPS) is 11.9. The predicted molar refractivity (Wildman–Crippen MR) is 97.8 cm³/mol. The molecule has 1 N–H and O–H groups in total. The second-order valence-corrected chi connectivity index (χ2v) is 6.07. The van der Waals surface area contributed by atoms with E-state index in [1.165, 1.54) is 0 Å². The van der Waals surface area contributed by atoms with E-state index >= 15 is 0 Å². The molecule has 5 nitrogen and oxygen atoms in total. The zero-order valence-electron chi connectivity index (χ0n) is 14.5. The van der Waals surface area contributed by atoms with Crippen LogP contribution in [-0.4, -0.2) is 20.7 Å². The molecule has 1 amide bonds. The molecule has 5 heteroatoms. The highest BCUT2D eigenvalue weighted by molar-refractivity contribution is 5.83. The van der Waals surface area contributed by atoms with E-state index < -0.39 is 0 Å². The van der Waals surface area contributed by atoms with Gasteiger partial charge >= 0.3 is 0 Å². The zero-order valence-corrected chi connectivity index (χ0v) is 14.5. The number of aryl methyl sites for hydroxylation is 1. The van der Waals surface area contributed by atoms with Gasteiger partial charge in [0.15, 0.2) is 0 Å². The Hall–Kier alpha value is -2.95. The highest BCUT2D eigenvalue weighted by Gasteiger charge is 2.18. The quantitative estimate of drug-likeness (QED) is 0.752. The van der Waals surface area contributed by atoms with Crippen LogP contribution in [0.5, 0.6) is 0 Å². The first-order valence-corrected chi connectivity index (χ1v) is 8.43. The molecule has 3 aromatic rings. The summed E-state index contributed by atoms with van der Waals surface area (Å²) in [6.45, 7) is 2.49. The Morgan fingerprint density at radius 3 is 2.64 bits per heavy atom. The van der Waals surface area contributed by atoms with Gasteiger partial charge in [-0.25, -0.2) is 0 Å². The van der Waals surface area contributed by atoms with E-state index in [1.54, 1.807) is 17.1 Å². The number of hydrogen-bond donors (Lipinski definition) is 1. The molecule has 128 valence electrons. The van der Waals surface area contributed by atoms with Crippen molar-refractivity contribution in [3.8, 4) is 11.1 Å². The summed E-state index contributed by atoms with van der Waals surface area (Å²) in [6.07, 6.45) is 8.11. The topological polar surface area (TPSA) is 59.8 Å². The SMILES string of the molecule is CCC(C(=O)NCc1cncc(-c2cnn(C)c2)c1)c1ccccc1. The van der Waals surface area contributed by atoms with Crippen LogP contribution in [0.3, 0.4) is 0 Å².